The SMILES string of the molecule is NC1=N[C@@]2(CO1)c1cc(-c3cc(Cl)ccc3F)ccc1Oc1cnc(C3=CCOCC3)cc12. The minimum Gasteiger partial charge on any atom is -0.462 e. The third-order valence-corrected chi connectivity index (χ3v) is 6.45. The zero-order valence-corrected chi connectivity index (χ0v) is 18.2. The third kappa shape index (κ3) is 3.27. The molecule has 6 nitrogen and oxygen atoms in total. The molecular weight excluding hydrogens is 445 g/mol. The quantitative estimate of drug-likeness (QED) is 0.576. The van der Waals surface area contributed by atoms with Gasteiger partial charge in [0.25, 0.3) is 6.02 Å². The van der Waals surface area contributed by atoms with E-state index in [9.17, 15) is 4.39 Å². The molecule has 6 rings (SSSR count). The van der Waals surface area contributed by atoms with Crippen molar-refractivity contribution in [3.05, 3.63) is 82.4 Å². The minimum absolute atomic E-state index is 0.0942. The van der Waals surface area contributed by atoms with Crippen LogP contribution >= 0.6 is 11.6 Å². The normalized spacial score (nSPS) is 20.9. The van der Waals surface area contributed by atoms with E-state index in [1.54, 1.807) is 24.4 Å². The Labute approximate surface area is 194 Å². The molecule has 1 spiro atoms. The molecule has 1 aromatic heterocycles. The number of rotatable bonds is 2. The first-order valence-corrected chi connectivity index (χ1v) is 10.9. The molecule has 8 heteroatoms. The van der Waals surface area contributed by atoms with Crippen LogP contribution in [0.15, 0.2) is 59.7 Å². The van der Waals surface area contributed by atoms with Crippen molar-refractivity contribution >= 4 is 23.2 Å². The van der Waals surface area contributed by atoms with Crippen molar-refractivity contribution in [1.29, 1.82) is 0 Å². The second-order valence-electron chi connectivity index (χ2n) is 8.16. The number of aliphatic imine (C=N–C) groups is 1. The summed E-state index contributed by atoms with van der Waals surface area (Å²) in [6.45, 7) is 1.41. The zero-order chi connectivity index (χ0) is 22.6. The van der Waals surface area contributed by atoms with Gasteiger partial charge in [-0.25, -0.2) is 9.38 Å². The average Bonchev–Trinajstić information content (AvgIpc) is 3.23. The largest absolute Gasteiger partial charge is 0.462 e. The van der Waals surface area contributed by atoms with Gasteiger partial charge in [0.05, 0.1) is 25.1 Å². The van der Waals surface area contributed by atoms with E-state index in [1.807, 2.05) is 18.2 Å². The maximum absolute atomic E-state index is 14.6. The summed E-state index contributed by atoms with van der Waals surface area (Å²) in [5, 5.41) is 0.451. The highest BCUT2D eigenvalue weighted by Crippen LogP contribution is 2.52. The lowest BCUT2D eigenvalue weighted by molar-refractivity contribution is 0.161. The number of nitrogens with two attached hydrogens (primary N) is 1. The topological polar surface area (TPSA) is 79.0 Å². The molecule has 2 aromatic carbocycles. The van der Waals surface area contributed by atoms with Gasteiger partial charge in [0.1, 0.15) is 18.2 Å². The second-order valence-corrected chi connectivity index (χ2v) is 8.59. The summed E-state index contributed by atoms with van der Waals surface area (Å²) in [4.78, 5) is 9.34. The molecular formula is C25H19ClFN3O3. The number of halogens is 2. The molecule has 3 aliphatic heterocycles. The Hall–Kier alpha value is -3.42. The lowest BCUT2D eigenvalue weighted by Crippen LogP contribution is -2.31. The fourth-order valence-electron chi connectivity index (χ4n) is 4.58. The van der Waals surface area contributed by atoms with Crippen molar-refractivity contribution < 1.29 is 18.6 Å². The van der Waals surface area contributed by atoms with Crippen molar-refractivity contribution in [2.24, 2.45) is 10.7 Å². The number of ether oxygens (including phenoxy) is 3. The Balaban J connectivity index is 1.54. The molecule has 0 radical (unpaired) electrons. The first-order chi connectivity index (χ1) is 16.0. The number of hydrogen-bond acceptors (Lipinski definition) is 6. The first-order valence-electron chi connectivity index (χ1n) is 10.6. The van der Waals surface area contributed by atoms with Gasteiger partial charge in [-0.05, 0) is 54.0 Å². The highest BCUT2D eigenvalue weighted by atomic mass is 35.5. The molecule has 0 saturated carbocycles. The molecule has 0 bridgehead atoms. The van der Waals surface area contributed by atoms with E-state index >= 15 is 0 Å². The van der Waals surface area contributed by atoms with Gasteiger partial charge in [0.2, 0.25) is 0 Å². The van der Waals surface area contributed by atoms with E-state index in [0.717, 1.165) is 28.8 Å². The highest BCUT2D eigenvalue weighted by Gasteiger charge is 2.47. The van der Waals surface area contributed by atoms with Crippen LogP contribution in [-0.2, 0) is 15.0 Å². The van der Waals surface area contributed by atoms with Crippen molar-refractivity contribution in [2.75, 3.05) is 19.8 Å². The van der Waals surface area contributed by atoms with Gasteiger partial charge in [-0.2, -0.15) is 0 Å². The van der Waals surface area contributed by atoms with Crippen LogP contribution in [0.2, 0.25) is 5.02 Å². The molecule has 0 aliphatic carbocycles. The minimum atomic E-state index is -0.929. The first kappa shape index (κ1) is 20.2. The number of hydrogen-bond donors (Lipinski definition) is 1. The third-order valence-electron chi connectivity index (χ3n) is 6.22. The molecule has 33 heavy (non-hydrogen) atoms. The van der Waals surface area contributed by atoms with Crippen molar-refractivity contribution in [3.63, 3.8) is 0 Å². The number of pyridine rings is 1. The fraction of sp³-hybridized carbons (Fsp3) is 0.200. The molecule has 166 valence electrons. The van der Waals surface area contributed by atoms with E-state index in [-0.39, 0.29) is 18.4 Å². The van der Waals surface area contributed by atoms with Crippen molar-refractivity contribution in [2.45, 2.75) is 12.0 Å². The van der Waals surface area contributed by atoms with Crippen LogP contribution in [0.25, 0.3) is 16.7 Å². The van der Waals surface area contributed by atoms with Crippen LogP contribution in [0.3, 0.4) is 0 Å². The van der Waals surface area contributed by atoms with Gasteiger partial charge >= 0.3 is 0 Å². The van der Waals surface area contributed by atoms with E-state index in [2.05, 4.69) is 4.98 Å². The molecule has 3 aliphatic rings. The number of aromatic nitrogens is 1. The van der Waals surface area contributed by atoms with Crippen LogP contribution in [0.1, 0.15) is 23.2 Å². The molecule has 0 amide bonds. The van der Waals surface area contributed by atoms with Gasteiger partial charge in [0, 0.05) is 21.7 Å². The Morgan fingerprint density at radius 1 is 1.06 bits per heavy atom. The van der Waals surface area contributed by atoms with E-state index in [4.69, 9.17) is 36.5 Å². The van der Waals surface area contributed by atoms with Gasteiger partial charge < -0.3 is 19.9 Å². The average molecular weight is 464 g/mol. The van der Waals surface area contributed by atoms with Crippen molar-refractivity contribution in [1.82, 2.24) is 4.98 Å². The summed E-state index contributed by atoms with van der Waals surface area (Å²) in [6, 6.07) is 12.0. The number of nitrogens with zero attached hydrogens (tertiary/aromatic N) is 2. The summed E-state index contributed by atoms with van der Waals surface area (Å²) in [5.41, 5.74) is 9.60. The van der Waals surface area contributed by atoms with Gasteiger partial charge in [-0.3, -0.25) is 4.98 Å². The molecule has 0 fully saturated rings. The maximum atomic E-state index is 14.6. The fourth-order valence-corrected chi connectivity index (χ4v) is 4.75. The molecule has 4 heterocycles. The Morgan fingerprint density at radius 3 is 2.73 bits per heavy atom. The summed E-state index contributed by atoms with van der Waals surface area (Å²) in [6.07, 6.45) is 4.52. The molecule has 0 unspecified atom stereocenters. The summed E-state index contributed by atoms with van der Waals surface area (Å²) >= 11 is 6.14. The predicted molar refractivity (Wildman–Crippen MR) is 123 cm³/mol. The van der Waals surface area contributed by atoms with Crippen LogP contribution in [0, 0.1) is 5.82 Å². The monoisotopic (exact) mass is 463 g/mol. The van der Waals surface area contributed by atoms with E-state index < -0.39 is 5.54 Å². The number of benzene rings is 2. The number of fused-ring (bicyclic) bond motifs is 4. The summed E-state index contributed by atoms with van der Waals surface area (Å²) in [5.74, 6) is 0.812. The molecule has 0 saturated heterocycles. The summed E-state index contributed by atoms with van der Waals surface area (Å²) < 4.78 is 31.9. The smallest absolute Gasteiger partial charge is 0.283 e. The van der Waals surface area contributed by atoms with Crippen LogP contribution in [0.4, 0.5) is 4.39 Å². The summed E-state index contributed by atoms with van der Waals surface area (Å²) in [7, 11) is 0. The maximum Gasteiger partial charge on any atom is 0.283 e. The Bertz CT molecular complexity index is 1360. The van der Waals surface area contributed by atoms with Gasteiger partial charge in [0.15, 0.2) is 11.3 Å². The predicted octanol–water partition coefficient (Wildman–Crippen LogP) is 5.04. The standard InChI is InChI=1S/C25H19ClFN3O3/c26-16-2-3-20(27)17(10-16)15-1-4-22-18(9-15)25(13-32-24(28)30-25)19-11-21(29-12-23(19)33-22)14-5-7-31-8-6-14/h1-5,9-12H,6-8,13H2,(H2,28,30)/t25-/m0/s1. The Kier molecular flexibility index (Phi) is 4.64. The van der Waals surface area contributed by atoms with E-state index in [1.165, 1.54) is 12.1 Å². The lowest BCUT2D eigenvalue weighted by Gasteiger charge is -2.34. The zero-order valence-electron chi connectivity index (χ0n) is 17.5. The van der Waals surface area contributed by atoms with E-state index in [0.29, 0.717) is 40.9 Å². The lowest BCUT2D eigenvalue weighted by atomic mass is 9.80. The van der Waals surface area contributed by atoms with Crippen LogP contribution in [0.5, 0.6) is 11.5 Å². The van der Waals surface area contributed by atoms with Gasteiger partial charge in [-0.15, -0.1) is 0 Å². The van der Waals surface area contributed by atoms with Crippen LogP contribution < -0.4 is 10.5 Å². The molecule has 1 atom stereocenters. The van der Waals surface area contributed by atoms with Crippen molar-refractivity contribution in [3.8, 4) is 22.6 Å². The van der Waals surface area contributed by atoms with Gasteiger partial charge in [-0.1, -0.05) is 23.7 Å². The number of amidine groups is 1. The second kappa shape index (κ2) is 7.57. The Morgan fingerprint density at radius 2 is 1.94 bits per heavy atom. The highest BCUT2D eigenvalue weighted by molar-refractivity contribution is 6.30. The van der Waals surface area contributed by atoms with Crippen LogP contribution in [-0.4, -0.2) is 30.8 Å². The molecule has 3 aromatic rings. The molecule has 2 N–H and O–H groups in total.